The van der Waals surface area contributed by atoms with Crippen LogP contribution in [0.2, 0.25) is 0 Å². The predicted octanol–water partition coefficient (Wildman–Crippen LogP) is 18.2. The van der Waals surface area contributed by atoms with Gasteiger partial charge in [0.25, 0.3) is 0 Å². The number of phenolic OH excluding ortho intramolecular Hbond substituents is 2. The SMILES string of the molecule is Cc1cc(-c2cc(Cc3ccccc3)cc(-c3cc(C)cc(-c4c(C(C)C)cc(C(C)C)cc4C(C)C)c3O)c2OCCOc2ccccc2)c(O)c(-c2c(C(C)C)cc(C(C)C)cc2C(C)C)c1. The van der Waals surface area contributed by atoms with Gasteiger partial charge in [-0.05, 0) is 171 Å². The van der Waals surface area contributed by atoms with E-state index in [0.29, 0.717) is 41.7 Å². The lowest BCUT2D eigenvalue weighted by Crippen LogP contribution is -2.11. The third kappa shape index (κ3) is 11.1. The van der Waals surface area contributed by atoms with Gasteiger partial charge in [0.15, 0.2) is 0 Å². The van der Waals surface area contributed by atoms with Crippen molar-refractivity contribution >= 4 is 0 Å². The third-order valence-electron chi connectivity index (χ3n) is 13.6. The van der Waals surface area contributed by atoms with E-state index in [1.165, 1.54) is 33.4 Å². The van der Waals surface area contributed by atoms with Crippen LogP contribution in [0.5, 0.6) is 23.0 Å². The van der Waals surface area contributed by atoms with Gasteiger partial charge in [0.1, 0.15) is 36.2 Å². The van der Waals surface area contributed by atoms with Crippen LogP contribution in [0.25, 0.3) is 44.5 Å². The topological polar surface area (TPSA) is 58.9 Å². The molecule has 360 valence electrons. The second-order valence-electron chi connectivity index (χ2n) is 21.2. The van der Waals surface area contributed by atoms with Gasteiger partial charge in [-0.2, -0.15) is 0 Å². The number of ether oxygens (including phenoxy) is 2. The minimum absolute atomic E-state index is 0.206. The quantitative estimate of drug-likeness (QED) is 0.0894. The normalized spacial score (nSPS) is 11.8. The molecule has 2 N–H and O–H groups in total. The van der Waals surface area contributed by atoms with Gasteiger partial charge in [0.2, 0.25) is 0 Å². The minimum Gasteiger partial charge on any atom is -0.507 e. The van der Waals surface area contributed by atoms with E-state index in [-0.39, 0.29) is 41.8 Å². The molecular formula is C65H76O4. The number of para-hydroxylation sites is 1. The first-order chi connectivity index (χ1) is 32.8. The molecule has 0 amide bonds. The Balaban J connectivity index is 1.56. The van der Waals surface area contributed by atoms with E-state index in [2.05, 4.69) is 182 Å². The maximum absolute atomic E-state index is 13.1. The zero-order valence-electron chi connectivity index (χ0n) is 43.8. The summed E-state index contributed by atoms with van der Waals surface area (Å²) in [5, 5.41) is 26.2. The lowest BCUT2D eigenvalue weighted by atomic mass is 9.80. The first-order valence-electron chi connectivity index (χ1n) is 25.4. The maximum atomic E-state index is 13.1. The van der Waals surface area contributed by atoms with Gasteiger partial charge < -0.3 is 19.7 Å². The summed E-state index contributed by atoms with van der Waals surface area (Å²) >= 11 is 0. The summed E-state index contributed by atoms with van der Waals surface area (Å²) in [6, 6.07) is 42.5. The van der Waals surface area contributed by atoms with E-state index in [0.717, 1.165) is 61.4 Å². The van der Waals surface area contributed by atoms with Crippen molar-refractivity contribution in [3.05, 3.63) is 177 Å². The first kappa shape index (κ1) is 50.6. The number of aryl methyl sites for hydroxylation is 2. The second-order valence-corrected chi connectivity index (χ2v) is 21.2. The van der Waals surface area contributed by atoms with Crippen molar-refractivity contribution in [1.29, 1.82) is 0 Å². The number of hydrogen-bond donors (Lipinski definition) is 2. The molecule has 4 nitrogen and oxygen atoms in total. The van der Waals surface area contributed by atoms with Crippen molar-refractivity contribution in [1.82, 2.24) is 0 Å². The molecule has 4 heteroatoms. The lowest BCUT2D eigenvalue weighted by Gasteiger charge is -2.26. The molecule has 0 saturated heterocycles. The molecule has 7 aromatic carbocycles. The van der Waals surface area contributed by atoms with Gasteiger partial charge in [-0.1, -0.05) is 156 Å². The van der Waals surface area contributed by atoms with E-state index in [1.54, 1.807) is 0 Å². The molecule has 0 atom stereocenters. The number of rotatable bonds is 17. The van der Waals surface area contributed by atoms with Crippen molar-refractivity contribution in [3.8, 4) is 67.5 Å². The number of benzene rings is 7. The Hall–Kier alpha value is -6.26. The molecule has 0 unspecified atom stereocenters. The third-order valence-corrected chi connectivity index (χ3v) is 13.6. The van der Waals surface area contributed by atoms with Crippen molar-refractivity contribution in [2.75, 3.05) is 13.2 Å². The summed E-state index contributed by atoms with van der Waals surface area (Å²) in [6.07, 6.45) is 0.633. The van der Waals surface area contributed by atoms with Crippen LogP contribution in [0.1, 0.15) is 174 Å². The van der Waals surface area contributed by atoms with Crippen molar-refractivity contribution in [2.24, 2.45) is 0 Å². The van der Waals surface area contributed by atoms with Gasteiger partial charge in [0.05, 0.1) is 0 Å². The Morgan fingerprint density at radius 2 is 0.739 bits per heavy atom. The van der Waals surface area contributed by atoms with Crippen LogP contribution in [0.4, 0.5) is 0 Å². The van der Waals surface area contributed by atoms with Gasteiger partial charge in [-0.25, -0.2) is 0 Å². The molecular weight excluding hydrogens is 845 g/mol. The van der Waals surface area contributed by atoms with E-state index in [1.807, 2.05) is 36.4 Å². The molecule has 0 bridgehead atoms. The van der Waals surface area contributed by atoms with Crippen LogP contribution in [-0.2, 0) is 6.42 Å². The van der Waals surface area contributed by atoms with Gasteiger partial charge in [-0.15, -0.1) is 0 Å². The van der Waals surface area contributed by atoms with Crippen LogP contribution in [0.3, 0.4) is 0 Å². The summed E-state index contributed by atoms with van der Waals surface area (Å²) < 4.78 is 13.3. The zero-order valence-corrected chi connectivity index (χ0v) is 43.8. The number of phenols is 2. The first-order valence-corrected chi connectivity index (χ1v) is 25.4. The van der Waals surface area contributed by atoms with Crippen molar-refractivity contribution < 1.29 is 19.7 Å². The molecule has 7 rings (SSSR count). The smallest absolute Gasteiger partial charge is 0.135 e. The minimum atomic E-state index is 0.206. The summed E-state index contributed by atoms with van der Waals surface area (Å²) in [4.78, 5) is 0. The summed E-state index contributed by atoms with van der Waals surface area (Å²) in [5.74, 6) is 3.35. The second kappa shape index (κ2) is 21.6. The zero-order chi connectivity index (χ0) is 49.8. The molecule has 0 aliphatic carbocycles. The number of hydrogen-bond acceptors (Lipinski definition) is 4. The molecule has 0 saturated carbocycles. The molecule has 0 spiro atoms. The average Bonchev–Trinajstić information content (AvgIpc) is 3.31. The fraction of sp³-hybridized carbons (Fsp3) is 0.354. The molecule has 0 radical (unpaired) electrons. The largest absolute Gasteiger partial charge is 0.507 e. The molecule has 7 aromatic rings. The molecule has 0 aliphatic rings. The van der Waals surface area contributed by atoms with E-state index >= 15 is 0 Å². The maximum Gasteiger partial charge on any atom is 0.135 e. The van der Waals surface area contributed by atoms with Crippen LogP contribution < -0.4 is 9.47 Å². The van der Waals surface area contributed by atoms with Gasteiger partial charge in [-0.3, -0.25) is 0 Å². The predicted molar refractivity (Wildman–Crippen MR) is 292 cm³/mol. The average molecular weight is 921 g/mol. The standard InChI is InChI=1S/C65H76O4/c1-38(2)48-34-51(40(5)6)61(52(35-48)41(7)8)59-29-44(13)27-55(63(59)66)57-32-47(31-46-21-17-15-18-22-46)33-58(65(57)69-26-25-68-50-23-19-16-20-24-50)56-28-45(14)30-60(64(56)67)62-53(42(9)10)36-49(39(3)4)37-54(62)43(11)12/h15-24,27-30,32-43,66-67H,25-26,31H2,1-14H3. The highest BCUT2D eigenvalue weighted by atomic mass is 16.5. The summed E-state index contributed by atoms with van der Waals surface area (Å²) in [7, 11) is 0. The van der Waals surface area contributed by atoms with Crippen LogP contribution in [-0.4, -0.2) is 23.4 Å². The Bertz CT molecular complexity index is 2690. The molecule has 0 aliphatic heterocycles. The monoisotopic (exact) mass is 921 g/mol. The van der Waals surface area contributed by atoms with Crippen molar-refractivity contribution in [2.45, 2.75) is 139 Å². The Morgan fingerprint density at radius 1 is 0.377 bits per heavy atom. The molecule has 0 fully saturated rings. The van der Waals surface area contributed by atoms with E-state index < -0.39 is 0 Å². The summed E-state index contributed by atoms with van der Waals surface area (Å²) in [5.41, 5.74) is 18.4. The Morgan fingerprint density at radius 3 is 1.12 bits per heavy atom. The van der Waals surface area contributed by atoms with Crippen molar-refractivity contribution in [3.63, 3.8) is 0 Å². The Labute approximate surface area is 414 Å². The fourth-order valence-corrected chi connectivity index (χ4v) is 9.88. The van der Waals surface area contributed by atoms with Gasteiger partial charge >= 0.3 is 0 Å². The van der Waals surface area contributed by atoms with E-state index in [4.69, 9.17) is 9.47 Å². The van der Waals surface area contributed by atoms with E-state index in [9.17, 15) is 10.2 Å². The highest BCUT2D eigenvalue weighted by Gasteiger charge is 2.28. The van der Waals surface area contributed by atoms with Crippen LogP contribution >= 0.6 is 0 Å². The number of aromatic hydroxyl groups is 2. The molecule has 0 heterocycles. The fourth-order valence-electron chi connectivity index (χ4n) is 9.88. The van der Waals surface area contributed by atoms with Gasteiger partial charge in [0, 0.05) is 33.4 Å². The van der Waals surface area contributed by atoms with Crippen LogP contribution in [0, 0.1) is 13.8 Å². The highest BCUT2D eigenvalue weighted by Crippen LogP contribution is 2.53. The molecule has 69 heavy (non-hydrogen) atoms. The summed E-state index contributed by atoms with van der Waals surface area (Å²) in [6.45, 7) is 31.7. The van der Waals surface area contributed by atoms with Crippen LogP contribution in [0.15, 0.2) is 121 Å². The lowest BCUT2D eigenvalue weighted by molar-refractivity contribution is 0.218. The Kier molecular flexibility index (Phi) is 15.8. The highest BCUT2D eigenvalue weighted by molar-refractivity contribution is 5.94. The molecule has 0 aromatic heterocycles.